The highest BCUT2D eigenvalue weighted by Gasteiger charge is 2.30. The standard InChI is InChI=1S/C20H14F5N5O2S2/c21-14-3-1-2-4-16(14)30-18(10-13(28-30)11-20(23,24)25)27-12-5-6-17(15(22)9-12)34(31,32)29-19-26-7-8-33-19/h1-10,27H,11H2,(H,26,29). The number of aromatic nitrogens is 3. The summed E-state index contributed by atoms with van der Waals surface area (Å²) in [6.45, 7) is 0. The van der Waals surface area contributed by atoms with E-state index in [1.165, 1.54) is 35.8 Å². The minimum absolute atomic E-state index is 0.00162. The molecule has 0 atom stereocenters. The first kappa shape index (κ1) is 23.6. The number of nitrogens with zero attached hydrogens (tertiary/aromatic N) is 3. The maximum atomic E-state index is 14.7. The van der Waals surface area contributed by atoms with Gasteiger partial charge in [-0.3, -0.25) is 4.72 Å². The van der Waals surface area contributed by atoms with Crippen molar-refractivity contribution in [2.75, 3.05) is 10.0 Å². The van der Waals surface area contributed by atoms with E-state index >= 15 is 0 Å². The molecule has 34 heavy (non-hydrogen) atoms. The fourth-order valence-corrected chi connectivity index (χ4v) is 4.86. The summed E-state index contributed by atoms with van der Waals surface area (Å²) in [5.41, 5.74) is -0.530. The SMILES string of the molecule is O=S(=O)(Nc1nccs1)c1ccc(Nc2cc(CC(F)(F)F)nn2-c2ccccc2F)cc1F. The molecule has 0 aliphatic heterocycles. The second kappa shape index (κ2) is 9.02. The number of benzene rings is 2. The summed E-state index contributed by atoms with van der Waals surface area (Å²) >= 11 is 1.01. The predicted molar refractivity (Wildman–Crippen MR) is 116 cm³/mol. The van der Waals surface area contributed by atoms with Crippen molar-refractivity contribution in [1.29, 1.82) is 0 Å². The minimum atomic E-state index is -4.56. The molecule has 0 radical (unpaired) electrons. The van der Waals surface area contributed by atoms with Crippen LogP contribution < -0.4 is 10.0 Å². The normalized spacial score (nSPS) is 12.0. The lowest BCUT2D eigenvalue weighted by molar-refractivity contribution is -0.127. The fourth-order valence-electron chi connectivity index (χ4n) is 3.01. The monoisotopic (exact) mass is 515 g/mol. The van der Waals surface area contributed by atoms with Crippen molar-refractivity contribution in [3.05, 3.63) is 77.4 Å². The molecule has 2 N–H and O–H groups in total. The summed E-state index contributed by atoms with van der Waals surface area (Å²) in [5.74, 6) is -1.95. The third-order valence-electron chi connectivity index (χ3n) is 4.37. The first-order valence-electron chi connectivity index (χ1n) is 9.41. The highest BCUT2D eigenvalue weighted by molar-refractivity contribution is 7.93. The van der Waals surface area contributed by atoms with Gasteiger partial charge in [0.15, 0.2) is 5.13 Å². The van der Waals surface area contributed by atoms with Crippen LogP contribution in [0.25, 0.3) is 5.69 Å². The van der Waals surface area contributed by atoms with Gasteiger partial charge in [-0.2, -0.15) is 18.3 Å². The van der Waals surface area contributed by atoms with Gasteiger partial charge in [0, 0.05) is 23.3 Å². The van der Waals surface area contributed by atoms with Gasteiger partial charge in [-0.25, -0.2) is 26.9 Å². The molecule has 14 heteroatoms. The molecule has 0 amide bonds. The molecule has 4 rings (SSSR count). The van der Waals surface area contributed by atoms with Crippen LogP contribution in [0.5, 0.6) is 0 Å². The molecule has 0 saturated carbocycles. The van der Waals surface area contributed by atoms with Crippen LogP contribution in [-0.2, 0) is 16.4 Å². The lowest BCUT2D eigenvalue weighted by atomic mass is 10.3. The number of anilines is 3. The predicted octanol–water partition coefficient (Wildman–Crippen LogP) is 5.26. The number of hydrogen-bond donors (Lipinski definition) is 2. The van der Waals surface area contributed by atoms with Gasteiger partial charge in [0.2, 0.25) is 0 Å². The van der Waals surface area contributed by atoms with Crippen molar-refractivity contribution in [1.82, 2.24) is 14.8 Å². The molecule has 0 spiro atoms. The van der Waals surface area contributed by atoms with E-state index in [9.17, 15) is 30.4 Å². The van der Waals surface area contributed by atoms with Crippen LogP contribution in [0.15, 0.2) is 65.0 Å². The number of para-hydroxylation sites is 1. The quantitative estimate of drug-likeness (QED) is 0.328. The third-order valence-corrected chi connectivity index (χ3v) is 6.56. The Morgan fingerprint density at radius 3 is 2.44 bits per heavy atom. The smallest absolute Gasteiger partial charge is 0.340 e. The van der Waals surface area contributed by atoms with Gasteiger partial charge >= 0.3 is 6.18 Å². The average molecular weight is 515 g/mol. The molecule has 4 aromatic rings. The van der Waals surface area contributed by atoms with Gasteiger partial charge in [0.1, 0.15) is 28.0 Å². The van der Waals surface area contributed by atoms with E-state index in [1.807, 2.05) is 0 Å². The van der Waals surface area contributed by atoms with Crippen molar-refractivity contribution in [3.8, 4) is 5.69 Å². The molecule has 2 aromatic heterocycles. The maximum Gasteiger partial charge on any atom is 0.394 e. The highest BCUT2D eigenvalue weighted by atomic mass is 32.2. The van der Waals surface area contributed by atoms with Crippen LogP contribution >= 0.6 is 11.3 Å². The summed E-state index contributed by atoms with van der Waals surface area (Å²) in [5, 5.41) is 8.09. The zero-order chi connectivity index (χ0) is 24.5. The van der Waals surface area contributed by atoms with E-state index in [2.05, 4.69) is 20.1 Å². The summed E-state index contributed by atoms with van der Waals surface area (Å²) in [6, 6.07) is 9.38. The number of rotatable bonds is 7. The molecule has 0 saturated heterocycles. The number of thiazole rings is 1. The lowest BCUT2D eigenvalue weighted by Gasteiger charge is -2.12. The number of halogens is 5. The molecule has 0 unspecified atom stereocenters. The van der Waals surface area contributed by atoms with Crippen LogP contribution in [0.1, 0.15) is 5.69 Å². The second-order valence-electron chi connectivity index (χ2n) is 6.89. The Hall–Kier alpha value is -3.52. The van der Waals surface area contributed by atoms with E-state index in [0.717, 1.165) is 40.3 Å². The van der Waals surface area contributed by atoms with E-state index in [0.29, 0.717) is 0 Å². The summed E-state index contributed by atoms with van der Waals surface area (Å²) < 4.78 is 95.5. The summed E-state index contributed by atoms with van der Waals surface area (Å²) in [6.07, 6.45) is -4.55. The highest BCUT2D eigenvalue weighted by Crippen LogP contribution is 2.29. The lowest BCUT2D eigenvalue weighted by Crippen LogP contribution is -2.14. The molecule has 178 valence electrons. The van der Waals surface area contributed by atoms with E-state index < -0.39 is 44.8 Å². The molecular formula is C20H14F5N5O2S2. The average Bonchev–Trinajstić information content (AvgIpc) is 3.36. The zero-order valence-corrected chi connectivity index (χ0v) is 18.5. The Labute approximate surface area is 193 Å². The molecule has 0 aliphatic carbocycles. The Morgan fingerprint density at radius 1 is 1.03 bits per heavy atom. The molecule has 2 aromatic carbocycles. The Morgan fingerprint density at radius 2 is 1.79 bits per heavy atom. The van der Waals surface area contributed by atoms with Crippen LogP contribution in [0.4, 0.5) is 38.6 Å². The Balaban J connectivity index is 1.67. The van der Waals surface area contributed by atoms with Crippen molar-refractivity contribution < 1.29 is 30.4 Å². The number of sulfonamides is 1. The van der Waals surface area contributed by atoms with E-state index in [-0.39, 0.29) is 22.3 Å². The third kappa shape index (κ3) is 5.34. The minimum Gasteiger partial charge on any atom is -0.340 e. The number of alkyl halides is 3. The zero-order valence-electron chi connectivity index (χ0n) is 16.8. The van der Waals surface area contributed by atoms with Gasteiger partial charge < -0.3 is 5.32 Å². The maximum absolute atomic E-state index is 14.7. The molecule has 0 fully saturated rings. The van der Waals surface area contributed by atoms with Gasteiger partial charge in [-0.05, 0) is 30.3 Å². The van der Waals surface area contributed by atoms with E-state index in [4.69, 9.17) is 0 Å². The molecule has 0 bridgehead atoms. The first-order chi connectivity index (χ1) is 16.0. The Bertz CT molecular complexity index is 1420. The first-order valence-corrected chi connectivity index (χ1v) is 11.8. The summed E-state index contributed by atoms with van der Waals surface area (Å²) in [4.78, 5) is 3.12. The topological polar surface area (TPSA) is 88.9 Å². The largest absolute Gasteiger partial charge is 0.394 e. The van der Waals surface area contributed by atoms with Crippen molar-refractivity contribution >= 4 is 38.0 Å². The molecular weight excluding hydrogens is 501 g/mol. The van der Waals surface area contributed by atoms with Gasteiger partial charge in [-0.15, -0.1) is 11.3 Å². The van der Waals surface area contributed by atoms with Crippen LogP contribution in [0.2, 0.25) is 0 Å². The molecule has 2 heterocycles. The number of nitrogens with one attached hydrogen (secondary N) is 2. The van der Waals surface area contributed by atoms with Crippen molar-refractivity contribution in [3.63, 3.8) is 0 Å². The van der Waals surface area contributed by atoms with Crippen molar-refractivity contribution in [2.45, 2.75) is 17.5 Å². The molecule has 7 nitrogen and oxygen atoms in total. The van der Waals surface area contributed by atoms with Crippen molar-refractivity contribution in [2.24, 2.45) is 0 Å². The fraction of sp³-hybridized carbons (Fsp3) is 0.100. The molecule has 0 aliphatic rings. The van der Waals surface area contributed by atoms with Gasteiger partial charge in [0.25, 0.3) is 10.0 Å². The number of hydrogen-bond acceptors (Lipinski definition) is 6. The second-order valence-corrected chi connectivity index (χ2v) is 9.43. The summed E-state index contributed by atoms with van der Waals surface area (Å²) in [7, 11) is -4.27. The van der Waals surface area contributed by atoms with Gasteiger partial charge in [0.05, 0.1) is 12.1 Å². The van der Waals surface area contributed by atoms with Crippen LogP contribution in [-0.4, -0.2) is 29.4 Å². The van der Waals surface area contributed by atoms with Crippen LogP contribution in [0, 0.1) is 11.6 Å². The Kier molecular flexibility index (Phi) is 6.27. The van der Waals surface area contributed by atoms with Gasteiger partial charge in [-0.1, -0.05) is 12.1 Å². The van der Waals surface area contributed by atoms with Crippen LogP contribution in [0.3, 0.4) is 0 Å². The van der Waals surface area contributed by atoms with E-state index in [1.54, 1.807) is 0 Å².